The molecule has 0 spiro atoms. The molecule has 0 bridgehead atoms. The third-order valence-corrected chi connectivity index (χ3v) is 2.08. The predicted molar refractivity (Wildman–Crippen MR) is 62.0 cm³/mol. The van der Waals surface area contributed by atoms with Crippen LogP contribution in [0.25, 0.3) is 0 Å². The summed E-state index contributed by atoms with van der Waals surface area (Å²) in [6, 6.07) is 0. The van der Waals surface area contributed by atoms with E-state index in [1.54, 1.807) is 11.9 Å². The van der Waals surface area contributed by atoms with Crippen molar-refractivity contribution in [2.45, 2.75) is 20.3 Å². The van der Waals surface area contributed by atoms with E-state index in [4.69, 9.17) is 0 Å². The molecule has 0 atom stereocenters. The van der Waals surface area contributed by atoms with E-state index in [2.05, 4.69) is 23.9 Å². The summed E-state index contributed by atoms with van der Waals surface area (Å²) < 4.78 is 4.50. The van der Waals surface area contributed by atoms with Crippen molar-refractivity contribution < 1.29 is 14.3 Å². The number of esters is 1. The lowest BCUT2D eigenvalue weighted by atomic mass is 10.1. The van der Waals surface area contributed by atoms with Gasteiger partial charge in [-0.15, -0.1) is 0 Å². The molecule has 1 N–H and O–H groups in total. The Labute approximate surface area is 97.1 Å². The van der Waals surface area contributed by atoms with Crippen molar-refractivity contribution in [1.29, 1.82) is 0 Å². The molecule has 0 fully saturated rings. The highest BCUT2D eigenvalue weighted by Crippen LogP contribution is 1.96. The second-order valence-electron chi connectivity index (χ2n) is 4.28. The monoisotopic (exact) mass is 230 g/mol. The molecule has 0 aliphatic heterocycles. The van der Waals surface area contributed by atoms with E-state index in [1.807, 2.05) is 0 Å². The number of rotatable bonds is 7. The fourth-order valence-electron chi connectivity index (χ4n) is 1.14. The molecule has 0 heterocycles. The van der Waals surface area contributed by atoms with Gasteiger partial charge in [-0.2, -0.15) is 0 Å². The van der Waals surface area contributed by atoms with E-state index < -0.39 is 0 Å². The number of methoxy groups -OCH3 is 1. The molecule has 0 saturated heterocycles. The van der Waals surface area contributed by atoms with Gasteiger partial charge in [0.05, 0.1) is 20.2 Å². The topological polar surface area (TPSA) is 58.6 Å². The first-order valence-corrected chi connectivity index (χ1v) is 5.47. The smallest absolute Gasteiger partial charge is 0.319 e. The number of hydrogen-bond acceptors (Lipinski definition) is 4. The Hall–Kier alpha value is -1.10. The van der Waals surface area contributed by atoms with E-state index >= 15 is 0 Å². The van der Waals surface area contributed by atoms with Gasteiger partial charge in [-0.3, -0.25) is 14.5 Å². The Balaban J connectivity index is 3.66. The number of nitrogens with one attached hydrogen (secondary N) is 1. The third-order valence-electron chi connectivity index (χ3n) is 2.08. The number of nitrogens with zero attached hydrogens (tertiary/aromatic N) is 1. The summed E-state index contributed by atoms with van der Waals surface area (Å²) in [4.78, 5) is 23.9. The summed E-state index contributed by atoms with van der Waals surface area (Å²) in [7, 11) is 3.04. The fraction of sp³-hybridized carbons (Fsp3) is 0.818. The number of ether oxygens (including phenoxy) is 1. The third kappa shape index (κ3) is 8.23. The average molecular weight is 230 g/mol. The molecule has 5 nitrogen and oxygen atoms in total. The van der Waals surface area contributed by atoms with Crippen LogP contribution in [0.5, 0.6) is 0 Å². The zero-order valence-electron chi connectivity index (χ0n) is 10.6. The van der Waals surface area contributed by atoms with Gasteiger partial charge >= 0.3 is 5.97 Å². The second-order valence-corrected chi connectivity index (χ2v) is 4.28. The van der Waals surface area contributed by atoms with Crippen molar-refractivity contribution in [1.82, 2.24) is 10.2 Å². The van der Waals surface area contributed by atoms with Crippen LogP contribution in [-0.4, -0.2) is 50.6 Å². The van der Waals surface area contributed by atoms with E-state index in [0.717, 1.165) is 6.42 Å². The highest BCUT2D eigenvalue weighted by atomic mass is 16.5. The van der Waals surface area contributed by atoms with Crippen LogP contribution in [0.2, 0.25) is 0 Å². The van der Waals surface area contributed by atoms with Gasteiger partial charge in [-0.1, -0.05) is 13.8 Å². The molecule has 0 aromatic rings. The van der Waals surface area contributed by atoms with Gasteiger partial charge in [0.2, 0.25) is 5.91 Å². The van der Waals surface area contributed by atoms with Crippen LogP contribution in [0.3, 0.4) is 0 Å². The Morgan fingerprint density at radius 2 is 1.94 bits per heavy atom. The van der Waals surface area contributed by atoms with Gasteiger partial charge in [0.25, 0.3) is 0 Å². The lowest BCUT2D eigenvalue weighted by Gasteiger charge is -2.14. The van der Waals surface area contributed by atoms with Crippen molar-refractivity contribution in [3.63, 3.8) is 0 Å². The summed E-state index contributed by atoms with van der Waals surface area (Å²) in [5.41, 5.74) is 0. The number of hydrogen-bond donors (Lipinski definition) is 1. The van der Waals surface area contributed by atoms with Crippen LogP contribution in [0.1, 0.15) is 20.3 Å². The highest BCUT2D eigenvalue weighted by Gasteiger charge is 2.10. The molecule has 1 amide bonds. The molecular formula is C11H22N2O3. The normalized spacial score (nSPS) is 10.6. The largest absolute Gasteiger partial charge is 0.468 e. The quantitative estimate of drug-likeness (QED) is 0.637. The minimum Gasteiger partial charge on any atom is -0.468 e. The minimum atomic E-state index is -0.336. The van der Waals surface area contributed by atoms with Crippen LogP contribution in [0.4, 0.5) is 0 Å². The van der Waals surface area contributed by atoms with Crippen molar-refractivity contribution in [2.75, 3.05) is 33.8 Å². The molecule has 16 heavy (non-hydrogen) atoms. The van der Waals surface area contributed by atoms with Crippen LogP contribution >= 0.6 is 0 Å². The number of carbonyl (C=O) groups is 2. The zero-order chi connectivity index (χ0) is 12.6. The van der Waals surface area contributed by atoms with Gasteiger partial charge in [0.15, 0.2) is 0 Å². The minimum absolute atomic E-state index is 0.0629. The van der Waals surface area contributed by atoms with Crippen molar-refractivity contribution in [3.8, 4) is 0 Å². The van der Waals surface area contributed by atoms with Gasteiger partial charge in [-0.25, -0.2) is 0 Å². The fourth-order valence-corrected chi connectivity index (χ4v) is 1.14. The van der Waals surface area contributed by atoms with Gasteiger partial charge in [-0.05, 0) is 19.4 Å². The van der Waals surface area contributed by atoms with Crippen molar-refractivity contribution >= 4 is 11.9 Å². The van der Waals surface area contributed by atoms with Gasteiger partial charge in [0, 0.05) is 6.54 Å². The summed E-state index contributed by atoms with van der Waals surface area (Å²) in [5.74, 6) is 0.178. The zero-order valence-corrected chi connectivity index (χ0v) is 10.6. The Bertz CT molecular complexity index is 229. The van der Waals surface area contributed by atoms with Crippen molar-refractivity contribution in [3.05, 3.63) is 0 Å². The first kappa shape index (κ1) is 14.9. The second kappa shape index (κ2) is 8.10. The molecule has 0 aliphatic carbocycles. The van der Waals surface area contributed by atoms with E-state index in [9.17, 15) is 9.59 Å². The summed E-state index contributed by atoms with van der Waals surface area (Å²) in [5, 5.41) is 2.80. The number of carbonyl (C=O) groups excluding carboxylic acids is 2. The molecule has 0 aliphatic rings. The molecular weight excluding hydrogens is 208 g/mol. The lowest BCUT2D eigenvalue weighted by Crippen LogP contribution is -2.38. The van der Waals surface area contributed by atoms with Gasteiger partial charge < -0.3 is 10.1 Å². The average Bonchev–Trinajstić information content (AvgIpc) is 2.16. The predicted octanol–water partition coefficient (Wildman–Crippen LogP) is 0.254. The maximum Gasteiger partial charge on any atom is 0.319 e. The number of amides is 1. The Kier molecular flexibility index (Phi) is 7.54. The lowest BCUT2D eigenvalue weighted by molar-refractivity contribution is -0.141. The van der Waals surface area contributed by atoms with Crippen LogP contribution < -0.4 is 5.32 Å². The van der Waals surface area contributed by atoms with Crippen LogP contribution in [0.15, 0.2) is 0 Å². The molecule has 0 aromatic carbocycles. The molecule has 0 saturated carbocycles. The SMILES string of the molecule is COC(=O)CN(C)CC(=O)NCCC(C)C. The highest BCUT2D eigenvalue weighted by molar-refractivity contribution is 5.79. The molecule has 5 heteroatoms. The van der Waals surface area contributed by atoms with E-state index in [-0.39, 0.29) is 25.0 Å². The first-order chi connectivity index (χ1) is 7.45. The summed E-state index contributed by atoms with van der Waals surface area (Å²) in [6.45, 7) is 5.24. The molecule has 0 rings (SSSR count). The summed E-state index contributed by atoms with van der Waals surface area (Å²) in [6.07, 6.45) is 0.965. The Morgan fingerprint density at radius 1 is 1.31 bits per heavy atom. The van der Waals surface area contributed by atoms with E-state index in [0.29, 0.717) is 12.5 Å². The van der Waals surface area contributed by atoms with Crippen molar-refractivity contribution in [2.24, 2.45) is 5.92 Å². The van der Waals surface area contributed by atoms with Crippen LogP contribution in [-0.2, 0) is 14.3 Å². The maximum absolute atomic E-state index is 11.4. The van der Waals surface area contributed by atoms with Gasteiger partial charge in [0.1, 0.15) is 0 Å². The maximum atomic E-state index is 11.4. The first-order valence-electron chi connectivity index (χ1n) is 5.47. The Morgan fingerprint density at radius 3 is 2.44 bits per heavy atom. The molecule has 0 radical (unpaired) electrons. The standard InChI is InChI=1S/C11H22N2O3/c1-9(2)5-6-12-10(14)7-13(3)8-11(15)16-4/h9H,5-8H2,1-4H3,(H,12,14). The molecule has 0 unspecified atom stereocenters. The van der Waals surface area contributed by atoms with Crippen LogP contribution in [0, 0.1) is 5.92 Å². The molecule has 94 valence electrons. The summed E-state index contributed by atoms with van der Waals surface area (Å²) >= 11 is 0. The number of likely N-dealkylation sites (N-methyl/N-ethyl adjacent to an activating group) is 1. The van der Waals surface area contributed by atoms with E-state index in [1.165, 1.54) is 7.11 Å². The molecule has 0 aromatic heterocycles.